The number of rotatable bonds is 29. The second-order valence-electron chi connectivity index (χ2n) is 35.3. The Bertz CT molecular complexity index is 5220. The number of anilines is 12. The first-order valence-electron chi connectivity index (χ1n) is 47.4. The van der Waals surface area contributed by atoms with Crippen LogP contribution >= 0.6 is 0 Å². The molecule has 0 atom stereocenters. The van der Waals surface area contributed by atoms with Crippen molar-refractivity contribution in [3.8, 4) is 11.1 Å². The van der Waals surface area contributed by atoms with Crippen LogP contribution in [0.5, 0.6) is 0 Å². The molecular formula is C120H122N12. The van der Waals surface area contributed by atoms with E-state index < -0.39 is 0 Å². The summed E-state index contributed by atoms with van der Waals surface area (Å²) in [5, 5.41) is 0. The molecule has 2 aliphatic heterocycles. The lowest BCUT2D eigenvalue weighted by atomic mass is 10.0. The number of nitrogens with zero attached hydrogens (tertiary/aromatic N) is 12. The Balaban J connectivity index is 0.599. The predicted molar refractivity (Wildman–Crippen MR) is 551 cm³/mol. The Morgan fingerprint density at radius 3 is 0.356 bits per heavy atom. The van der Waals surface area contributed by atoms with Gasteiger partial charge in [0.05, 0.1) is 0 Å². The van der Waals surface area contributed by atoms with Crippen molar-refractivity contribution in [3.05, 3.63) is 493 Å². The van der Waals surface area contributed by atoms with Crippen LogP contribution in [0.2, 0.25) is 0 Å². The second-order valence-corrected chi connectivity index (χ2v) is 35.3. The highest BCUT2D eigenvalue weighted by Gasteiger charge is 2.25. The lowest BCUT2D eigenvalue weighted by Crippen LogP contribution is -2.45. The highest BCUT2D eigenvalue weighted by Crippen LogP contribution is 2.40. The first kappa shape index (κ1) is 89.0. The topological polar surface area (TPSA) is 38.9 Å². The number of hydrogen-bond acceptors (Lipinski definition) is 12. The minimum Gasteiger partial charge on any atom is -0.311 e. The number of hydrogen-bond donors (Lipinski definition) is 0. The van der Waals surface area contributed by atoms with Crippen LogP contribution in [0.15, 0.2) is 449 Å². The summed E-state index contributed by atoms with van der Waals surface area (Å²) in [6.45, 7) is 22.1. The minimum atomic E-state index is 0.855. The zero-order valence-electron chi connectivity index (χ0n) is 76.1. The lowest BCUT2D eigenvalue weighted by Gasteiger charge is -2.35. The van der Waals surface area contributed by atoms with Gasteiger partial charge in [-0.25, -0.2) is 0 Å². The van der Waals surface area contributed by atoms with Crippen LogP contribution in [0.3, 0.4) is 0 Å². The second kappa shape index (κ2) is 45.8. The van der Waals surface area contributed by atoms with Gasteiger partial charge in [-0.15, -0.1) is 0 Å². The molecule has 0 aromatic heterocycles. The smallest absolute Gasteiger partial charge is 0.0461 e. The fourth-order valence-electron chi connectivity index (χ4n) is 18.7. The molecule has 662 valence electrons. The first-order valence-corrected chi connectivity index (χ1v) is 47.4. The van der Waals surface area contributed by atoms with Crippen molar-refractivity contribution in [2.24, 2.45) is 0 Å². The van der Waals surface area contributed by atoms with Gasteiger partial charge in [-0.3, -0.25) is 39.2 Å². The number of benzene rings is 16. The zero-order chi connectivity index (χ0) is 88.9. The quantitative estimate of drug-likeness (QED) is 0.0448. The number of para-hydroxylation sites is 8. The Labute approximate surface area is 783 Å². The van der Waals surface area contributed by atoms with Gasteiger partial charge in [-0.05, 0) is 201 Å². The molecule has 132 heavy (non-hydrogen) atoms. The van der Waals surface area contributed by atoms with Gasteiger partial charge in [0.2, 0.25) is 0 Å². The van der Waals surface area contributed by atoms with Crippen LogP contribution in [0, 0.1) is 0 Å². The van der Waals surface area contributed by atoms with Gasteiger partial charge in [-0.1, -0.05) is 303 Å². The van der Waals surface area contributed by atoms with Gasteiger partial charge in [0.15, 0.2) is 0 Å². The largest absolute Gasteiger partial charge is 0.311 e. The molecule has 16 aromatic rings. The molecule has 18 rings (SSSR count). The van der Waals surface area contributed by atoms with E-state index in [1.54, 1.807) is 0 Å². The maximum Gasteiger partial charge on any atom is 0.0461 e. The Kier molecular flexibility index (Phi) is 30.9. The van der Waals surface area contributed by atoms with E-state index in [0.717, 1.165) is 225 Å². The molecular weight excluding hydrogens is 1610 g/mol. The minimum absolute atomic E-state index is 0.855. The van der Waals surface area contributed by atoms with Gasteiger partial charge < -0.3 is 19.6 Å². The molecule has 0 radical (unpaired) electrons. The average molecular weight is 1730 g/mol. The Morgan fingerprint density at radius 2 is 0.220 bits per heavy atom. The molecule has 0 bridgehead atoms. The van der Waals surface area contributed by atoms with Crippen molar-refractivity contribution in [2.45, 2.75) is 52.4 Å². The van der Waals surface area contributed by atoms with E-state index in [1.165, 1.54) is 55.6 Å². The summed E-state index contributed by atoms with van der Waals surface area (Å²) in [6, 6.07) is 165. The van der Waals surface area contributed by atoms with E-state index in [-0.39, 0.29) is 0 Å². The summed E-state index contributed by atoms with van der Waals surface area (Å²) >= 11 is 0. The Hall–Kier alpha value is -13.6. The highest BCUT2D eigenvalue weighted by molar-refractivity contribution is 5.80. The summed E-state index contributed by atoms with van der Waals surface area (Å²) in [5.74, 6) is 0. The van der Waals surface area contributed by atoms with Crippen LogP contribution in [-0.4, -0.2) is 144 Å². The molecule has 12 nitrogen and oxygen atoms in total. The standard InChI is InChI=1S/C120H122N12/c1-11-31-99(32-12-1)91-121-75-79-125(95-103-55-67-117(68-56-103)129(109-35-15-3-16-36-109)110-37-17-4-18-38-110)87-83-123(84-88-126(80-76-121)96-104-57-69-118(70-58-104)130(111-39-19-5-20-40-111)112-41-21-6-22-42-112)93-101-51-63-107(64-52-101)108-65-53-102(54-66-108)94-124-85-89-127(97-105-59-71-119(72-60-105)131(113-43-23-7-24-44-113)114-45-25-8-26-46-114)81-77-122(92-100-33-13-2-14-34-100)78-82-128(90-86-124)98-106-61-73-120(74-62-106)132(115-47-27-9-28-48-115)116-49-29-10-30-50-116/h1-74H,75-98H2. The molecule has 2 aliphatic rings. The summed E-state index contributed by atoms with van der Waals surface area (Å²) in [4.78, 5) is 31.2. The maximum absolute atomic E-state index is 2.74. The highest BCUT2D eigenvalue weighted by atomic mass is 15.3. The SMILES string of the molecule is c1ccc(CN2CCN(Cc3ccc(N(c4ccccc4)c4ccccc4)cc3)CCN(Cc3ccc(-c4ccc(CN5CCN(Cc6ccc(N(c7ccccc7)c7ccccc7)cc6)CCN(Cc6ccccc6)CCN(Cc6ccc(N(c7ccccc7)c7ccccc7)cc6)CC5)cc4)cc3)CCN(Cc3ccc(N(c4ccccc4)c4ccccc4)cc3)CC2)cc1. The monoisotopic (exact) mass is 1730 g/mol. The fraction of sp³-hybridized carbons (Fsp3) is 0.200. The van der Waals surface area contributed by atoms with Crippen LogP contribution < -0.4 is 19.6 Å². The third kappa shape index (κ3) is 24.7. The van der Waals surface area contributed by atoms with Gasteiger partial charge >= 0.3 is 0 Å². The van der Waals surface area contributed by atoms with Crippen LogP contribution in [-0.2, 0) is 52.4 Å². The van der Waals surface area contributed by atoms with Crippen molar-refractivity contribution < 1.29 is 0 Å². The van der Waals surface area contributed by atoms with Crippen LogP contribution in [0.1, 0.15) is 44.5 Å². The molecule has 16 aromatic carbocycles. The molecule has 0 saturated carbocycles. The van der Waals surface area contributed by atoms with Crippen molar-refractivity contribution in [3.63, 3.8) is 0 Å². The van der Waals surface area contributed by atoms with Crippen molar-refractivity contribution >= 4 is 68.2 Å². The van der Waals surface area contributed by atoms with E-state index in [4.69, 9.17) is 0 Å². The van der Waals surface area contributed by atoms with E-state index in [0.29, 0.717) is 0 Å². The molecule has 0 spiro atoms. The average Bonchev–Trinajstić information content (AvgIpc) is 0.818. The van der Waals surface area contributed by atoms with Gasteiger partial charge in [0.1, 0.15) is 0 Å². The molecule has 2 heterocycles. The molecule has 0 aliphatic carbocycles. The molecule has 2 saturated heterocycles. The van der Waals surface area contributed by atoms with Crippen molar-refractivity contribution in [1.29, 1.82) is 0 Å². The van der Waals surface area contributed by atoms with E-state index >= 15 is 0 Å². The van der Waals surface area contributed by atoms with Crippen LogP contribution in [0.4, 0.5) is 68.2 Å². The third-order valence-electron chi connectivity index (χ3n) is 25.9. The van der Waals surface area contributed by atoms with Crippen LogP contribution in [0.25, 0.3) is 11.1 Å². The lowest BCUT2D eigenvalue weighted by molar-refractivity contribution is 0.122. The molecule has 0 amide bonds. The van der Waals surface area contributed by atoms with E-state index in [1.807, 2.05) is 0 Å². The van der Waals surface area contributed by atoms with E-state index in [2.05, 4.69) is 508 Å². The van der Waals surface area contributed by atoms with Gasteiger partial charge in [0, 0.05) is 225 Å². The summed E-state index contributed by atoms with van der Waals surface area (Å²) in [5.41, 5.74) is 26.8. The normalized spacial score (nSPS) is 14.9. The molecule has 0 N–H and O–H groups in total. The fourth-order valence-corrected chi connectivity index (χ4v) is 18.7. The Morgan fingerprint density at radius 1 is 0.114 bits per heavy atom. The van der Waals surface area contributed by atoms with Gasteiger partial charge in [-0.2, -0.15) is 0 Å². The molecule has 0 unspecified atom stereocenters. The third-order valence-corrected chi connectivity index (χ3v) is 25.9. The molecule has 12 heteroatoms. The summed E-state index contributed by atoms with van der Waals surface area (Å²) in [6.07, 6.45) is 0. The van der Waals surface area contributed by atoms with Gasteiger partial charge in [0.25, 0.3) is 0 Å². The summed E-state index contributed by atoms with van der Waals surface area (Å²) < 4.78 is 0. The summed E-state index contributed by atoms with van der Waals surface area (Å²) in [7, 11) is 0. The zero-order valence-corrected chi connectivity index (χ0v) is 76.1. The van der Waals surface area contributed by atoms with E-state index in [9.17, 15) is 0 Å². The van der Waals surface area contributed by atoms with Crippen molar-refractivity contribution in [1.82, 2.24) is 39.2 Å². The first-order chi connectivity index (χ1) is 65.4. The van der Waals surface area contributed by atoms with Crippen molar-refractivity contribution in [2.75, 3.05) is 124 Å². The predicted octanol–water partition coefficient (Wildman–Crippen LogP) is 25.9. The molecule has 2 fully saturated rings. The maximum atomic E-state index is 2.74.